The molecule has 0 atom stereocenters. The third-order valence-electron chi connectivity index (χ3n) is 2.51. The summed E-state index contributed by atoms with van der Waals surface area (Å²) in [5, 5.41) is 7.64. The average molecular weight is 296 g/mol. The second-order valence-electron chi connectivity index (χ2n) is 3.95. The molecule has 1 aromatic carbocycles. The minimum absolute atomic E-state index is 0.162. The molecule has 106 valence electrons. The number of rotatable bonds is 5. The first-order chi connectivity index (χ1) is 9.60. The summed E-state index contributed by atoms with van der Waals surface area (Å²) in [6, 6.07) is 4.58. The van der Waals surface area contributed by atoms with Gasteiger partial charge in [-0.25, -0.2) is 9.18 Å². The van der Waals surface area contributed by atoms with Gasteiger partial charge in [-0.15, -0.1) is 5.10 Å². The second kappa shape index (κ2) is 6.51. The number of hydrogen-bond donors (Lipinski definition) is 0. The van der Waals surface area contributed by atoms with Crippen molar-refractivity contribution >= 4 is 17.7 Å². The minimum Gasteiger partial charge on any atom is -0.459 e. The van der Waals surface area contributed by atoms with Crippen LogP contribution in [0.4, 0.5) is 4.39 Å². The largest absolute Gasteiger partial charge is 0.459 e. The zero-order valence-electron chi connectivity index (χ0n) is 11.1. The van der Waals surface area contributed by atoms with Crippen LogP contribution in [0, 0.1) is 12.7 Å². The van der Waals surface area contributed by atoms with E-state index in [9.17, 15) is 9.18 Å². The Hall–Kier alpha value is -1.89. The third-order valence-corrected chi connectivity index (χ3v) is 3.38. The van der Waals surface area contributed by atoms with E-state index < -0.39 is 5.97 Å². The predicted molar refractivity (Wildman–Crippen MR) is 71.0 cm³/mol. The highest BCUT2D eigenvalue weighted by atomic mass is 32.2. The smallest absolute Gasteiger partial charge is 0.396 e. The molecule has 7 heteroatoms. The van der Waals surface area contributed by atoms with Gasteiger partial charge in [0.15, 0.2) is 0 Å². The molecule has 0 N–H and O–H groups in total. The van der Waals surface area contributed by atoms with Crippen molar-refractivity contribution in [3.63, 3.8) is 0 Å². The molecular weight excluding hydrogens is 283 g/mol. The van der Waals surface area contributed by atoms with Crippen LogP contribution in [0.2, 0.25) is 0 Å². The van der Waals surface area contributed by atoms with Crippen LogP contribution in [0.5, 0.6) is 0 Å². The number of carbonyl (C=O) groups excluding carboxylic acids is 1. The number of aromatic nitrogens is 2. The quantitative estimate of drug-likeness (QED) is 0.624. The number of aryl methyl sites for hydroxylation is 1. The lowest BCUT2D eigenvalue weighted by molar-refractivity contribution is 0.0475. The summed E-state index contributed by atoms with van der Waals surface area (Å²) in [5.41, 5.74) is 1.81. The summed E-state index contributed by atoms with van der Waals surface area (Å²) in [6.45, 7) is 3.77. The fraction of sp³-hybridized carbons (Fsp3) is 0.308. The highest BCUT2D eigenvalue weighted by Gasteiger charge is 2.16. The van der Waals surface area contributed by atoms with Crippen LogP contribution < -0.4 is 0 Å². The summed E-state index contributed by atoms with van der Waals surface area (Å²) in [6.07, 6.45) is 0. The number of halogens is 1. The number of hydrogen-bond acceptors (Lipinski definition) is 6. The van der Waals surface area contributed by atoms with Crippen molar-refractivity contribution in [3.05, 3.63) is 41.0 Å². The maximum Gasteiger partial charge on any atom is 0.396 e. The Labute approximate surface area is 119 Å². The van der Waals surface area contributed by atoms with Crippen LogP contribution in [0.1, 0.15) is 28.7 Å². The number of esters is 1. The number of benzene rings is 1. The van der Waals surface area contributed by atoms with E-state index in [1.54, 1.807) is 13.0 Å². The summed E-state index contributed by atoms with van der Waals surface area (Å²) in [5.74, 6) is -0.509. The van der Waals surface area contributed by atoms with Gasteiger partial charge < -0.3 is 9.15 Å². The van der Waals surface area contributed by atoms with Crippen LogP contribution in [0.3, 0.4) is 0 Å². The highest BCUT2D eigenvalue weighted by molar-refractivity contribution is 7.98. The lowest BCUT2D eigenvalue weighted by Crippen LogP contribution is -2.04. The Morgan fingerprint density at radius 3 is 2.95 bits per heavy atom. The first-order valence-electron chi connectivity index (χ1n) is 5.98. The van der Waals surface area contributed by atoms with E-state index >= 15 is 0 Å². The molecule has 2 rings (SSSR count). The summed E-state index contributed by atoms with van der Waals surface area (Å²) < 4.78 is 22.9. The molecule has 0 aliphatic carbocycles. The predicted octanol–water partition coefficient (Wildman–Crippen LogP) is 2.99. The molecule has 0 saturated carbocycles. The zero-order valence-corrected chi connectivity index (χ0v) is 11.9. The molecule has 1 aromatic heterocycles. The number of ether oxygens (including phenoxy) is 1. The minimum atomic E-state index is -0.634. The van der Waals surface area contributed by atoms with E-state index in [0.717, 1.165) is 11.1 Å². The first-order valence-corrected chi connectivity index (χ1v) is 6.97. The molecule has 0 fully saturated rings. The molecule has 0 amide bonds. The van der Waals surface area contributed by atoms with Gasteiger partial charge in [-0.3, -0.25) is 0 Å². The van der Waals surface area contributed by atoms with E-state index in [0.29, 0.717) is 5.75 Å². The molecule has 20 heavy (non-hydrogen) atoms. The fourth-order valence-corrected chi connectivity index (χ4v) is 2.34. The van der Waals surface area contributed by atoms with Gasteiger partial charge in [0.25, 0.3) is 5.22 Å². The van der Waals surface area contributed by atoms with E-state index in [2.05, 4.69) is 10.2 Å². The Morgan fingerprint density at radius 1 is 1.45 bits per heavy atom. The topological polar surface area (TPSA) is 65.2 Å². The van der Waals surface area contributed by atoms with Gasteiger partial charge in [-0.1, -0.05) is 22.9 Å². The van der Waals surface area contributed by atoms with Crippen LogP contribution >= 0.6 is 11.8 Å². The Bertz CT molecular complexity index is 615. The molecule has 0 bridgehead atoms. The zero-order chi connectivity index (χ0) is 14.5. The van der Waals surface area contributed by atoms with Crippen molar-refractivity contribution in [3.8, 4) is 0 Å². The number of nitrogens with zero attached hydrogens (tertiary/aromatic N) is 2. The molecule has 0 radical (unpaired) electrons. The van der Waals surface area contributed by atoms with Crippen molar-refractivity contribution in [2.24, 2.45) is 0 Å². The molecule has 0 unspecified atom stereocenters. The van der Waals surface area contributed by atoms with Crippen LogP contribution in [-0.2, 0) is 10.5 Å². The van der Waals surface area contributed by atoms with Gasteiger partial charge in [-0.05, 0) is 37.1 Å². The molecule has 5 nitrogen and oxygen atoms in total. The molecule has 0 spiro atoms. The highest BCUT2D eigenvalue weighted by Crippen LogP contribution is 2.23. The van der Waals surface area contributed by atoms with Gasteiger partial charge in [0.2, 0.25) is 0 Å². The Morgan fingerprint density at radius 2 is 2.25 bits per heavy atom. The molecule has 2 aromatic rings. The van der Waals surface area contributed by atoms with Crippen molar-refractivity contribution in [1.82, 2.24) is 10.2 Å². The Balaban J connectivity index is 1.99. The molecule has 0 aliphatic rings. The SMILES string of the molecule is CCOC(=O)c1nnc(SCc2ccc(F)cc2C)o1. The standard InChI is InChI=1S/C13H13FN2O3S/c1-3-18-12(17)11-15-16-13(19-11)20-7-9-4-5-10(14)6-8(9)2/h4-6H,3,7H2,1-2H3. The van der Waals surface area contributed by atoms with Crippen LogP contribution in [-0.4, -0.2) is 22.8 Å². The molecule has 0 aliphatic heterocycles. The van der Waals surface area contributed by atoms with Crippen molar-refractivity contribution in [1.29, 1.82) is 0 Å². The molecule has 0 saturated heterocycles. The van der Waals surface area contributed by atoms with Gasteiger partial charge >= 0.3 is 11.9 Å². The molecular formula is C13H13FN2O3S. The van der Waals surface area contributed by atoms with Crippen molar-refractivity contribution in [2.45, 2.75) is 24.8 Å². The van der Waals surface area contributed by atoms with Gasteiger partial charge in [-0.2, -0.15) is 0 Å². The van der Waals surface area contributed by atoms with Gasteiger partial charge in [0.1, 0.15) is 5.82 Å². The van der Waals surface area contributed by atoms with Crippen molar-refractivity contribution in [2.75, 3.05) is 6.61 Å². The summed E-state index contributed by atoms with van der Waals surface area (Å²) in [7, 11) is 0. The monoisotopic (exact) mass is 296 g/mol. The number of thioether (sulfide) groups is 1. The van der Waals surface area contributed by atoms with Crippen LogP contribution in [0.25, 0.3) is 0 Å². The third kappa shape index (κ3) is 3.57. The maximum atomic E-state index is 13.0. The lowest BCUT2D eigenvalue weighted by Gasteiger charge is -2.03. The average Bonchev–Trinajstić information content (AvgIpc) is 2.87. The Kier molecular flexibility index (Phi) is 4.73. The number of carbonyl (C=O) groups is 1. The van der Waals surface area contributed by atoms with Gasteiger partial charge in [0.05, 0.1) is 6.61 Å². The normalized spacial score (nSPS) is 10.6. The van der Waals surface area contributed by atoms with E-state index in [1.807, 2.05) is 6.92 Å². The summed E-state index contributed by atoms with van der Waals surface area (Å²) in [4.78, 5) is 11.4. The van der Waals surface area contributed by atoms with Gasteiger partial charge in [0, 0.05) is 5.75 Å². The lowest BCUT2D eigenvalue weighted by atomic mass is 10.1. The van der Waals surface area contributed by atoms with E-state index in [-0.39, 0.29) is 23.5 Å². The second-order valence-corrected chi connectivity index (χ2v) is 4.88. The summed E-state index contributed by atoms with van der Waals surface area (Å²) >= 11 is 1.28. The van der Waals surface area contributed by atoms with Crippen LogP contribution in [0.15, 0.2) is 27.8 Å². The van der Waals surface area contributed by atoms with E-state index in [1.165, 1.54) is 23.9 Å². The van der Waals surface area contributed by atoms with Crippen molar-refractivity contribution < 1.29 is 18.3 Å². The van der Waals surface area contributed by atoms with E-state index in [4.69, 9.17) is 9.15 Å². The maximum absolute atomic E-state index is 13.0. The fourth-order valence-electron chi connectivity index (χ4n) is 1.50. The molecule has 1 heterocycles. The first kappa shape index (κ1) is 14.5.